The average Bonchev–Trinajstić information content (AvgIpc) is 2.82. The lowest BCUT2D eigenvalue weighted by atomic mass is 9.91. The summed E-state index contributed by atoms with van der Waals surface area (Å²) in [5.41, 5.74) is -1.00. The van der Waals surface area contributed by atoms with Crippen LogP contribution in [0.4, 0.5) is 4.79 Å². The first-order valence-electron chi connectivity index (χ1n) is 7.28. The van der Waals surface area contributed by atoms with Gasteiger partial charge in [0.05, 0.1) is 0 Å². The van der Waals surface area contributed by atoms with Crippen molar-refractivity contribution in [1.82, 2.24) is 10.2 Å². The summed E-state index contributed by atoms with van der Waals surface area (Å²) < 4.78 is 0. The largest absolute Gasteiger partial charge is 0.479 e. The molecule has 2 unspecified atom stereocenters. The number of carbonyl (C=O) groups excluding carboxylic acids is 1. The number of thioether (sulfide) groups is 1. The number of carboxylic acids is 1. The van der Waals surface area contributed by atoms with Gasteiger partial charge in [0, 0.05) is 12.6 Å². The van der Waals surface area contributed by atoms with E-state index in [0.29, 0.717) is 19.4 Å². The third-order valence-corrected chi connectivity index (χ3v) is 4.56. The molecule has 1 aliphatic heterocycles. The number of aliphatic carboxylic acids is 1. The van der Waals surface area contributed by atoms with Crippen LogP contribution in [0.2, 0.25) is 0 Å². The zero-order valence-corrected chi connectivity index (χ0v) is 13.5. The van der Waals surface area contributed by atoms with E-state index in [-0.39, 0.29) is 12.1 Å². The van der Waals surface area contributed by atoms with Gasteiger partial charge in [-0.3, -0.25) is 0 Å². The Morgan fingerprint density at radius 1 is 1.50 bits per heavy atom. The van der Waals surface area contributed by atoms with Gasteiger partial charge in [0.15, 0.2) is 0 Å². The minimum atomic E-state index is -1.00. The van der Waals surface area contributed by atoms with Crippen molar-refractivity contribution in [3.8, 4) is 0 Å². The van der Waals surface area contributed by atoms with Crippen LogP contribution in [0.15, 0.2) is 0 Å². The van der Waals surface area contributed by atoms with E-state index in [2.05, 4.69) is 5.32 Å². The van der Waals surface area contributed by atoms with Gasteiger partial charge in [-0.2, -0.15) is 11.8 Å². The number of carboxylic acid groups (broad SMARTS) is 1. The fourth-order valence-electron chi connectivity index (χ4n) is 2.83. The Balaban J connectivity index is 2.72. The molecular weight excluding hydrogens is 276 g/mol. The molecule has 116 valence electrons. The summed E-state index contributed by atoms with van der Waals surface area (Å²) >= 11 is 1.74. The highest BCUT2D eigenvalue weighted by Gasteiger charge is 2.49. The predicted molar refractivity (Wildman–Crippen MR) is 82.2 cm³/mol. The van der Waals surface area contributed by atoms with Gasteiger partial charge in [0.1, 0.15) is 5.54 Å². The minimum Gasteiger partial charge on any atom is -0.479 e. The highest BCUT2D eigenvalue weighted by molar-refractivity contribution is 7.98. The number of urea groups is 1. The molecule has 2 amide bonds. The first-order valence-corrected chi connectivity index (χ1v) is 8.67. The van der Waals surface area contributed by atoms with E-state index in [1.165, 1.54) is 4.90 Å². The predicted octanol–water partition coefficient (Wildman–Crippen LogP) is 2.56. The molecule has 0 aromatic carbocycles. The number of nitrogens with one attached hydrogen (secondary N) is 1. The number of rotatable bonds is 7. The van der Waals surface area contributed by atoms with Gasteiger partial charge in [-0.1, -0.05) is 13.3 Å². The molecule has 1 saturated heterocycles. The third-order valence-electron chi connectivity index (χ3n) is 3.92. The zero-order chi connectivity index (χ0) is 15.2. The normalized spacial score (nSPS) is 23.6. The van der Waals surface area contributed by atoms with E-state index in [9.17, 15) is 14.7 Å². The molecular formula is C14H26N2O3S. The van der Waals surface area contributed by atoms with Crippen LogP contribution < -0.4 is 5.32 Å². The Labute approximate surface area is 125 Å². The van der Waals surface area contributed by atoms with Crippen molar-refractivity contribution >= 4 is 23.8 Å². The number of amides is 2. The van der Waals surface area contributed by atoms with Gasteiger partial charge in [-0.15, -0.1) is 0 Å². The van der Waals surface area contributed by atoms with Crippen LogP contribution in [0.5, 0.6) is 0 Å². The van der Waals surface area contributed by atoms with Crippen molar-refractivity contribution in [1.29, 1.82) is 0 Å². The summed E-state index contributed by atoms with van der Waals surface area (Å²) in [6.07, 6.45) is 5.54. The lowest BCUT2D eigenvalue weighted by Crippen LogP contribution is -2.57. The molecule has 1 heterocycles. The SMILES string of the molecule is CCCC1(C(=O)O)CCCN1C(=O)NC(C)CCSC. The maximum Gasteiger partial charge on any atom is 0.329 e. The van der Waals surface area contributed by atoms with Crippen LogP contribution in [-0.4, -0.2) is 52.1 Å². The standard InChI is InChI=1S/C14H26N2O3S/c1-4-7-14(12(17)18)8-5-9-16(14)13(19)15-11(2)6-10-20-3/h11H,4-10H2,1-3H3,(H,15,19)(H,17,18). The van der Waals surface area contributed by atoms with Crippen molar-refractivity contribution in [2.24, 2.45) is 0 Å². The van der Waals surface area contributed by atoms with E-state index >= 15 is 0 Å². The van der Waals surface area contributed by atoms with Gasteiger partial charge in [0.2, 0.25) is 0 Å². The van der Waals surface area contributed by atoms with Crippen molar-refractivity contribution in [2.45, 2.75) is 57.5 Å². The molecule has 1 rings (SSSR count). The molecule has 1 fully saturated rings. The second kappa shape index (κ2) is 7.76. The van der Waals surface area contributed by atoms with Gasteiger partial charge < -0.3 is 15.3 Å². The molecule has 6 heteroatoms. The summed E-state index contributed by atoms with van der Waals surface area (Å²) in [4.78, 5) is 25.6. The Morgan fingerprint density at radius 3 is 2.75 bits per heavy atom. The van der Waals surface area contributed by atoms with E-state index in [1.54, 1.807) is 11.8 Å². The van der Waals surface area contributed by atoms with Crippen molar-refractivity contribution in [3.63, 3.8) is 0 Å². The van der Waals surface area contributed by atoms with Gasteiger partial charge in [-0.25, -0.2) is 9.59 Å². The summed E-state index contributed by atoms with van der Waals surface area (Å²) in [5, 5.41) is 12.5. The molecule has 0 aromatic heterocycles. The second-order valence-corrected chi connectivity index (χ2v) is 6.46. The first kappa shape index (κ1) is 17.1. The van der Waals surface area contributed by atoms with Crippen molar-refractivity contribution in [3.05, 3.63) is 0 Å². The van der Waals surface area contributed by atoms with Gasteiger partial charge in [-0.05, 0) is 44.6 Å². The number of likely N-dealkylation sites (tertiary alicyclic amines) is 1. The molecule has 0 bridgehead atoms. The number of carbonyl (C=O) groups is 2. The lowest BCUT2D eigenvalue weighted by Gasteiger charge is -2.35. The fraction of sp³-hybridized carbons (Fsp3) is 0.857. The lowest BCUT2D eigenvalue weighted by molar-refractivity contribution is -0.148. The molecule has 0 aromatic rings. The Bertz CT molecular complexity index is 351. The van der Waals surface area contributed by atoms with Crippen LogP contribution in [0.1, 0.15) is 46.0 Å². The summed E-state index contributed by atoms with van der Waals surface area (Å²) in [6, 6.07) is -0.157. The number of nitrogens with zero attached hydrogens (tertiary/aromatic N) is 1. The highest BCUT2D eigenvalue weighted by atomic mass is 32.2. The average molecular weight is 302 g/mol. The van der Waals surface area contributed by atoms with E-state index in [4.69, 9.17) is 0 Å². The molecule has 1 aliphatic rings. The van der Waals surface area contributed by atoms with Crippen molar-refractivity contribution < 1.29 is 14.7 Å². The number of hydrogen-bond acceptors (Lipinski definition) is 3. The third kappa shape index (κ3) is 3.81. The van der Waals surface area contributed by atoms with Gasteiger partial charge in [0.25, 0.3) is 0 Å². The van der Waals surface area contributed by atoms with E-state index in [1.807, 2.05) is 20.1 Å². The minimum absolute atomic E-state index is 0.0728. The molecule has 5 nitrogen and oxygen atoms in total. The van der Waals surface area contributed by atoms with E-state index < -0.39 is 11.5 Å². The van der Waals surface area contributed by atoms with Crippen LogP contribution in [0.25, 0.3) is 0 Å². The second-order valence-electron chi connectivity index (χ2n) is 5.47. The smallest absolute Gasteiger partial charge is 0.329 e. The van der Waals surface area contributed by atoms with Crippen LogP contribution in [0.3, 0.4) is 0 Å². The summed E-state index contributed by atoms with van der Waals surface area (Å²) in [6.45, 7) is 4.46. The maximum atomic E-state index is 12.4. The summed E-state index contributed by atoms with van der Waals surface area (Å²) in [5.74, 6) is 0.115. The molecule has 2 atom stereocenters. The van der Waals surface area contributed by atoms with E-state index in [0.717, 1.165) is 25.0 Å². The zero-order valence-electron chi connectivity index (χ0n) is 12.6. The Kier molecular flexibility index (Phi) is 6.65. The maximum absolute atomic E-state index is 12.4. The Morgan fingerprint density at radius 2 is 2.20 bits per heavy atom. The monoisotopic (exact) mass is 302 g/mol. The summed E-state index contributed by atoms with van der Waals surface area (Å²) in [7, 11) is 0. The fourth-order valence-corrected chi connectivity index (χ4v) is 3.42. The molecule has 0 radical (unpaired) electrons. The first-order chi connectivity index (χ1) is 9.47. The van der Waals surface area contributed by atoms with Gasteiger partial charge >= 0.3 is 12.0 Å². The molecule has 2 N–H and O–H groups in total. The van der Waals surface area contributed by atoms with Crippen LogP contribution in [-0.2, 0) is 4.79 Å². The van der Waals surface area contributed by atoms with Crippen LogP contribution in [0, 0.1) is 0 Å². The quantitative estimate of drug-likeness (QED) is 0.758. The molecule has 20 heavy (non-hydrogen) atoms. The number of hydrogen-bond donors (Lipinski definition) is 2. The molecule has 0 aliphatic carbocycles. The highest BCUT2D eigenvalue weighted by Crippen LogP contribution is 2.34. The van der Waals surface area contributed by atoms with Crippen molar-refractivity contribution in [2.75, 3.05) is 18.6 Å². The molecule has 0 saturated carbocycles. The van der Waals surface area contributed by atoms with Crippen LogP contribution >= 0.6 is 11.8 Å². The topological polar surface area (TPSA) is 69.6 Å². The molecule has 0 spiro atoms. The Hall–Kier alpha value is -0.910.